The van der Waals surface area contributed by atoms with Gasteiger partial charge in [0.2, 0.25) is 0 Å². The van der Waals surface area contributed by atoms with E-state index >= 15 is 0 Å². The number of hydrogen-bond acceptors (Lipinski definition) is 3. The zero-order chi connectivity index (χ0) is 14.1. The molecule has 1 aromatic carbocycles. The standard InChI is InChI=1S/C15H15BrINOS/c1-18-13(11-7-14(17)20-8-11)6-10-5-12(16)4-9-2-3-19-15(9)10/h4-5,7-8,13,18H,2-3,6H2,1H3. The lowest BCUT2D eigenvalue weighted by Gasteiger charge is -2.17. The van der Waals surface area contributed by atoms with Gasteiger partial charge >= 0.3 is 0 Å². The molecule has 0 aliphatic carbocycles. The topological polar surface area (TPSA) is 21.3 Å². The molecule has 1 aromatic heterocycles. The second-order valence-electron chi connectivity index (χ2n) is 4.88. The molecule has 3 rings (SSSR count). The van der Waals surface area contributed by atoms with E-state index in [1.165, 1.54) is 19.6 Å². The van der Waals surface area contributed by atoms with E-state index in [-0.39, 0.29) is 0 Å². The van der Waals surface area contributed by atoms with Gasteiger partial charge in [-0.2, -0.15) is 0 Å². The molecule has 2 nitrogen and oxygen atoms in total. The highest BCUT2D eigenvalue weighted by atomic mass is 127. The van der Waals surface area contributed by atoms with Gasteiger partial charge in [-0.1, -0.05) is 15.9 Å². The molecule has 2 aromatic rings. The Hall–Kier alpha value is -0.110. The van der Waals surface area contributed by atoms with Crippen molar-refractivity contribution >= 4 is 49.9 Å². The molecule has 0 bridgehead atoms. The van der Waals surface area contributed by atoms with Crippen LogP contribution in [0.15, 0.2) is 28.1 Å². The summed E-state index contributed by atoms with van der Waals surface area (Å²) in [5, 5.41) is 5.66. The minimum absolute atomic E-state index is 0.331. The summed E-state index contributed by atoms with van der Waals surface area (Å²) in [6.07, 6.45) is 1.97. The van der Waals surface area contributed by atoms with Gasteiger partial charge in [0.05, 0.1) is 9.49 Å². The fraction of sp³-hybridized carbons (Fsp3) is 0.333. The predicted octanol–water partition coefficient (Wildman–Crippen LogP) is 4.55. The zero-order valence-corrected chi connectivity index (χ0v) is 15.6. The molecule has 0 fully saturated rings. The van der Waals surface area contributed by atoms with Crippen LogP contribution in [-0.2, 0) is 12.8 Å². The predicted molar refractivity (Wildman–Crippen MR) is 95.9 cm³/mol. The molecule has 1 atom stereocenters. The third kappa shape index (κ3) is 3.05. The summed E-state index contributed by atoms with van der Waals surface area (Å²) in [5.74, 6) is 1.10. The summed E-state index contributed by atoms with van der Waals surface area (Å²) < 4.78 is 8.30. The number of thiophene rings is 1. The number of likely N-dealkylation sites (N-methyl/N-ethyl adjacent to an activating group) is 1. The quantitative estimate of drug-likeness (QED) is 0.671. The van der Waals surface area contributed by atoms with Gasteiger partial charge in [0.1, 0.15) is 5.75 Å². The van der Waals surface area contributed by atoms with Crippen molar-refractivity contribution < 1.29 is 4.74 Å². The number of nitrogens with one attached hydrogen (secondary N) is 1. The Morgan fingerprint density at radius 3 is 3.00 bits per heavy atom. The van der Waals surface area contributed by atoms with Gasteiger partial charge in [-0.05, 0) is 76.3 Å². The van der Waals surface area contributed by atoms with Gasteiger partial charge < -0.3 is 10.1 Å². The van der Waals surface area contributed by atoms with E-state index < -0.39 is 0 Å². The molecule has 1 aliphatic rings. The molecular formula is C15H15BrINOS. The summed E-state index contributed by atoms with van der Waals surface area (Å²) in [6, 6.07) is 6.95. The van der Waals surface area contributed by atoms with Crippen molar-refractivity contribution in [1.82, 2.24) is 5.32 Å². The van der Waals surface area contributed by atoms with Gasteiger partial charge in [0, 0.05) is 16.9 Å². The van der Waals surface area contributed by atoms with Gasteiger partial charge in [-0.25, -0.2) is 0 Å². The number of halogens is 2. The molecule has 1 unspecified atom stereocenters. The molecule has 0 saturated heterocycles. The van der Waals surface area contributed by atoms with Crippen LogP contribution in [0, 0.1) is 2.88 Å². The average Bonchev–Trinajstić information content (AvgIpc) is 3.04. The fourth-order valence-electron chi connectivity index (χ4n) is 2.61. The molecule has 1 N–H and O–H groups in total. The number of rotatable bonds is 4. The molecule has 1 aliphatic heterocycles. The maximum absolute atomic E-state index is 5.82. The van der Waals surface area contributed by atoms with E-state index in [1.807, 2.05) is 7.05 Å². The van der Waals surface area contributed by atoms with E-state index in [2.05, 4.69) is 67.4 Å². The molecule has 20 heavy (non-hydrogen) atoms. The molecular weight excluding hydrogens is 449 g/mol. The van der Waals surface area contributed by atoms with E-state index in [4.69, 9.17) is 4.74 Å². The summed E-state index contributed by atoms with van der Waals surface area (Å²) in [5.41, 5.74) is 3.96. The van der Waals surface area contributed by atoms with Crippen LogP contribution in [0.1, 0.15) is 22.7 Å². The maximum atomic E-state index is 5.82. The Morgan fingerprint density at radius 1 is 1.45 bits per heavy atom. The van der Waals surface area contributed by atoms with Gasteiger partial charge in [-0.15, -0.1) is 11.3 Å². The molecule has 0 radical (unpaired) electrons. The van der Waals surface area contributed by atoms with Crippen LogP contribution in [0.25, 0.3) is 0 Å². The third-order valence-electron chi connectivity index (χ3n) is 3.59. The first-order chi connectivity index (χ1) is 9.67. The van der Waals surface area contributed by atoms with Crippen molar-refractivity contribution in [1.29, 1.82) is 0 Å². The van der Waals surface area contributed by atoms with Gasteiger partial charge in [0.25, 0.3) is 0 Å². The maximum Gasteiger partial charge on any atom is 0.125 e. The first kappa shape index (κ1) is 14.8. The Bertz CT molecular complexity index is 628. The first-order valence-corrected chi connectivity index (χ1v) is 9.28. The van der Waals surface area contributed by atoms with Crippen LogP contribution in [0.2, 0.25) is 0 Å². The zero-order valence-electron chi connectivity index (χ0n) is 11.1. The van der Waals surface area contributed by atoms with E-state index in [0.29, 0.717) is 6.04 Å². The second-order valence-corrected chi connectivity index (χ2v) is 8.60. The van der Waals surface area contributed by atoms with Gasteiger partial charge in [0.15, 0.2) is 0 Å². The van der Waals surface area contributed by atoms with Crippen LogP contribution in [-0.4, -0.2) is 13.7 Å². The summed E-state index contributed by atoms with van der Waals surface area (Å²) in [6.45, 7) is 0.805. The van der Waals surface area contributed by atoms with Crippen molar-refractivity contribution in [3.8, 4) is 5.75 Å². The van der Waals surface area contributed by atoms with Gasteiger partial charge in [-0.3, -0.25) is 0 Å². The Balaban J connectivity index is 1.90. The van der Waals surface area contributed by atoms with Crippen LogP contribution in [0.5, 0.6) is 5.75 Å². The minimum Gasteiger partial charge on any atom is -0.493 e. The summed E-state index contributed by atoms with van der Waals surface area (Å²) in [7, 11) is 2.02. The van der Waals surface area contributed by atoms with Crippen molar-refractivity contribution in [3.63, 3.8) is 0 Å². The normalized spacial score (nSPS) is 14.9. The highest BCUT2D eigenvalue weighted by molar-refractivity contribution is 14.1. The highest BCUT2D eigenvalue weighted by Crippen LogP contribution is 2.36. The minimum atomic E-state index is 0.331. The number of benzene rings is 1. The first-order valence-electron chi connectivity index (χ1n) is 6.52. The Labute approximate surface area is 145 Å². The van der Waals surface area contributed by atoms with E-state index in [9.17, 15) is 0 Å². The van der Waals surface area contributed by atoms with Crippen LogP contribution < -0.4 is 10.1 Å². The molecule has 0 amide bonds. The molecule has 2 heterocycles. The number of hydrogen-bond donors (Lipinski definition) is 1. The average molecular weight is 464 g/mol. The van der Waals surface area contributed by atoms with Crippen LogP contribution >= 0.6 is 49.9 Å². The second kappa shape index (κ2) is 6.34. The Kier molecular flexibility index (Phi) is 4.69. The van der Waals surface area contributed by atoms with Crippen molar-refractivity contribution in [3.05, 3.63) is 47.6 Å². The summed E-state index contributed by atoms with van der Waals surface area (Å²) >= 11 is 7.78. The molecule has 106 valence electrons. The lowest BCUT2D eigenvalue weighted by molar-refractivity contribution is 0.352. The van der Waals surface area contributed by atoms with E-state index in [1.54, 1.807) is 11.3 Å². The molecule has 0 saturated carbocycles. The smallest absolute Gasteiger partial charge is 0.125 e. The van der Waals surface area contributed by atoms with Crippen molar-refractivity contribution in [2.24, 2.45) is 0 Å². The van der Waals surface area contributed by atoms with Crippen LogP contribution in [0.4, 0.5) is 0 Å². The van der Waals surface area contributed by atoms with E-state index in [0.717, 1.165) is 29.7 Å². The monoisotopic (exact) mass is 463 g/mol. The SMILES string of the molecule is CNC(Cc1cc(Br)cc2c1OCC2)c1csc(I)c1. The summed E-state index contributed by atoms with van der Waals surface area (Å²) in [4.78, 5) is 0. The molecule has 0 spiro atoms. The Morgan fingerprint density at radius 2 is 2.30 bits per heavy atom. The lowest BCUT2D eigenvalue weighted by Crippen LogP contribution is -2.18. The van der Waals surface area contributed by atoms with Crippen molar-refractivity contribution in [2.45, 2.75) is 18.9 Å². The fourth-order valence-corrected chi connectivity index (χ4v) is 4.59. The largest absolute Gasteiger partial charge is 0.493 e. The number of ether oxygens (including phenoxy) is 1. The number of fused-ring (bicyclic) bond motifs is 1. The highest BCUT2D eigenvalue weighted by Gasteiger charge is 2.20. The van der Waals surface area contributed by atoms with Crippen LogP contribution in [0.3, 0.4) is 0 Å². The third-order valence-corrected chi connectivity index (χ3v) is 5.85. The molecule has 5 heteroatoms. The lowest BCUT2D eigenvalue weighted by atomic mass is 9.98. The van der Waals surface area contributed by atoms with Crippen molar-refractivity contribution in [2.75, 3.05) is 13.7 Å².